The van der Waals surface area contributed by atoms with Crippen LogP contribution in [0.1, 0.15) is 18.3 Å². The molecule has 4 nitrogen and oxygen atoms in total. The molecule has 0 saturated heterocycles. The Morgan fingerprint density at radius 1 is 1.39 bits per heavy atom. The van der Waals surface area contributed by atoms with Crippen LogP contribution < -0.4 is 0 Å². The standard InChI is InChI=1S/C12H12F2N4/c1-3-5-12(13,14)11-7-10(8-15-16-11)18-6-4-9(2)17-18/h3-8H,1-2H3/b5-3+. The number of aryl methyl sites for hydroxylation is 1. The van der Waals surface area contributed by atoms with E-state index >= 15 is 0 Å². The van der Waals surface area contributed by atoms with Crippen molar-refractivity contribution < 1.29 is 8.78 Å². The van der Waals surface area contributed by atoms with E-state index in [9.17, 15) is 8.78 Å². The Morgan fingerprint density at radius 3 is 2.78 bits per heavy atom. The molecule has 94 valence electrons. The fraction of sp³-hybridized carbons (Fsp3) is 0.250. The maximum Gasteiger partial charge on any atom is 0.310 e. The molecule has 0 amide bonds. The topological polar surface area (TPSA) is 43.6 Å². The lowest BCUT2D eigenvalue weighted by Crippen LogP contribution is -2.13. The molecule has 0 aliphatic heterocycles. The van der Waals surface area contributed by atoms with Gasteiger partial charge in [0.1, 0.15) is 5.69 Å². The van der Waals surface area contributed by atoms with Crippen LogP contribution in [0.25, 0.3) is 5.69 Å². The molecular formula is C12H12F2N4. The number of halogens is 2. The summed E-state index contributed by atoms with van der Waals surface area (Å²) in [5.74, 6) is -3.13. The molecule has 0 radical (unpaired) electrons. The van der Waals surface area contributed by atoms with Crippen molar-refractivity contribution in [3.05, 3.63) is 48.1 Å². The third kappa shape index (κ3) is 2.42. The number of rotatable bonds is 3. The van der Waals surface area contributed by atoms with Gasteiger partial charge in [-0.15, -0.1) is 5.10 Å². The number of allylic oxidation sites excluding steroid dienone is 2. The van der Waals surface area contributed by atoms with Crippen LogP contribution in [-0.4, -0.2) is 20.0 Å². The summed E-state index contributed by atoms with van der Waals surface area (Å²) in [6.07, 6.45) is 5.15. The zero-order valence-corrected chi connectivity index (χ0v) is 10.0. The van der Waals surface area contributed by atoms with Gasteiger partial charge >= 0.3 is 5.92 Å². The lowest BCUT2D eigenvalue weighted by Gasteiger charge is -2.11. The van der Waals surface area contributed by atoms with Gasteiger partial charge in [-0.1, -0.05) is 6.08 Å². The lowest BCUT2D eigenvalue weighted by molar-refractivity contribution is 0.0460. The van der Waals surface area contributed by atoms with Crippen LogP contribution in [0.15, 0.2) is 36.7 Å². The van der Waals surface area contributed by atoms with E-state index in [4.69, 9.17) is 0 Å². The molecular weight excluding hydrogens is 238 g/mol. The normalized spacial score (nSPS) is 12.2. The summed E-state index contributed by atoms with van der Waals surface area (Å²) in [5, 5.41) is 11.2. The van der Waals surface area contributed by atoms with Crippen LogP contribution in [0.4, 0.5) is 8.78 Å². The molecule has 0 bridgehead atoms. The molecule has 0 saturated carbocycles. The largest absolute Gasteiger partial charge is 0.310 e. The molecule has 6 heteroatoms. The molecule has 0 fully saturated rings. The van der Waals surface area contributed by atoms with E-state index in [1.54, 1.807) is 12.3 Å². The summed E-state index contributed by atoms with van der Waals surface area (Å²) in [5.41, 5.74) is 0.858. The van der Waals surface area contributed by atoms with Gasteiger partial charge in [0.25, 0.3) is 0 Å². The Labute approximate surface area is 103 Å². The van der Waals surface area contributed by atoms with Crippen molar-refractivity contribution in [1.29, 1.82) is 0 Å². The molecule has 18 heavy (non-hydrogen) atoms. The van der Waals surface area contributed by atoms with Gasteiger partial charge in [-0.3, -0.25) is 0 Å². The van der Waals surface area contributed by atoms with Crippen molar-refractivity contribution in [2.24, 2.45) is 0 Å². The maximum atomic E-state index is 13.6. The van der Waals surface area contributed by atoms with Crippen LogP contribution in [0.3, 0.4) is 0 Å². The second kappa shape index (κ2) is 4.64. The lowest BCUT2D eigenvalue weighted by atomic mass is 10.2. The summed E-state index contributed by atoms with van der Waals surface area (Å²) in [4.78, 5) is 0. The predicted molar refractivity (Wildman–Crippen MR) is 62.6 cm³/mol. The Bertz CT molecular complexity index is 575. The molecule has 2 rings (SSSR count). The number of aromatic nitrogens is 4. The van der Waals surface area contributed by atoms with Gasteiger partial charge in [0, 0.05) is 6.20 Å². The second-order valence-electron chi connectivity index (χ2n) is 3.82. The van der Waals surface area contributed by atoms with E-state index in [-0.39, 0.29) is 0 Å². The number of alkyl halides is 2. The van der Waals surface area contributed by atoms with Crippen molar-refractivity contribution in [3.63, 3.8) is 0 Å². The van der Waals surface area contributed by atoms with Crippen LogP contribution in [0.5, 0.6) is 0 Å². The Morgan fingerprint density at radius 2 is 2.17 bits per heavy atom. The molecule has 0 unspecified atom stereocenters. The Balaban J connectivity index is 2.42. The molecule has 0 aliphatic carbocycles. The average Bonchev–Trinajstić information content (AvgIpc) is 2.76. The number of nitrogens with zero attached hydrogens (tertiary/aromatic N) is 4. The van der Waals surface area contributed by atoms with Gasteiger partial charge in [0.2, 0.25) is 0 Å². The summed E-state index contributed by atoms with van der Waals surface area (Å²) in [7, 11) is 0. The summed E-state index contributed by atoms with van der Waals surface area (Å²) >= 11 is 0. The first-order valence-corrected chi connectivity index (χ1v) is 5.40. The van der Waals surface area contributed by atoms with E-state index < -0.39 is 11.6 Å². The summed E-state index contributed by atoms with van der Waals surface area (Å²) in [6, 6.07) is 3.06. The minimum absolute atomic E-state index is 0.397. The smallest absolute Gasteiger partial charge is 0.239 e. The first-order valence-electron chi connectivity index (χ1n) is 5.40. The highest BCUT2D eigenvalue weighted by atomic mass is 19.3. The van der Waals surface area contributed by atoms with E-state index in [0.29, 0.717) is 5.69 Å². The highest BCUT2D eigenvalue weighted by molar-refractivity contribution is 5.31. The van der Waals surface area contributed by atoms with Crippen LogP contribution in [-0.2, 0) is 5.92 Å². The maximum absolute atomic E-state index is 13.6. The van der Waals surface area contributed by atoms with E-state index in [2.05, 4.69) is 15.3 Å². The van der Waals surface area contributed by atoms with Crippen molar-refractivity contribution in [3.8, 4) is 5.69 Å². The molecule has 0 atom stereocenters. The van der Waals surface area contributed by atoms with Crippen molar-refractivity contribution in [1.82, 2.24) is 20.0 Å². The third-order valence-electron chi connectivity index (χ3n) is 2.34. The van der Waals surface area contributed by atoms with Crippen LogP contribution >= 0.6 is 0 Å². The van der Waals surface area contributed by atoms with Gasteiger partial charge < -0.3 is 0 Å². The minimum atomic E-state index is -3.13. The molecule has 2 aromatic rings. The molecule has 0 aromatic carbocycles. The Kier molecular flexibility index (Phi) is 3.18. The molecule has 0 aliphatic rings. The van der Waals surface area contributed by atoms with Gasteiger partial charge in [-0.2, -0.15) is 19.0 Å². The van der Waals surface area contributed by atoms with Crippen LogP contribution in [0, 0.1) is 6.92 Å². The summed E-state index contributed by atoms with van der Waals surface area (Å²) < 4.78 is 28.8. The fourth-order valence-electron chi connectivity index (χ4n) is 1.50. The third-order valence-corrected chi connectivity index (χ3v) is 2.34. The van der Waals surface area contributed by atoms with Gasteiger partial charge in [-0.25, -0.2) is 4.68 Å². The number of hydrogen-bond donors (Lipinski definition) is 0. The van der Waals surface area contributed by atoms with Crippen molar-refractivity contribution >= 4 is 0 Å². The Hall–Kier alpha value is -2.11. The SMILES string of the molecule is C/C=C/C(F)(F)c1cc(-n2ccc(C)n2)cnn1. The zero-order chi connectivity index (χ0) is 13.2. The molecule has 0 spiro atoms. The van der Waals surface area contributed by atoms with E-state index in [1.165, 1.54) is 29.9 Å². The molecule has 0 N–H and O–H groups in total. The highest BCUT2D eigenvalue weighted by Gasteiger charge is 2.30. The number of hydrogen-bond acceptors (Lipinski definition) is 3. The highest BCUT2D eigenvalue weighted by Crippen LogP contribution is 2.28. The molecule has 2 heterocycles. The first kappa shape index (κ1) is 12.3. The van der Waals surface area contributed by atoms with Crippen molar-refractivity contribution in [2.75, 3.05) is 0 Å². The summed E-state index contributed by atoms with van der Waals surface area (Å²) in [6.45, 7) is 3.35. The minimum Gasteiger partial charge on any atom is -0.239 e. The van der Waals surface area contributed by atoms with Gasteiger partial charge in [-0.05, 0) is 32.1 Å². The van der Waals surface area contributed by atoms with Crippen LogP contribution in [0.2, 0.25) is 0 Å². The van der Waals surface area contributed by atoms with Crippen molar-refractivity contribution in [2.45, 2.75) is 19.8 Å². The average molecular weight is 250 g/mol. The van der Waals surface area contributed by atoms with Gasteiger partial charge in [0.05, 0.1) is 17.6 Å². The second-order valence-corrected chi connectivity index (χ2v) is 3.82. The van der Waals surface area contributed by atoms with E-state index in [1.807, 2.05) is 6.92 Å². The first-order chi connectivity index (χ1) is 8.53. The quantitative estimate of drug-likeness (QED) is 0.786. The predicted octanol–water partition coefficient (Wildman–Crippen LogP) is 2.64. The molecule has 2 aromatic heterocycles. The fourth-order valence-corrected chi connectivity index (χ4v) is 1.50. The van der Waals surface area contributed by atoms with E-state index in [0.717, 1.165) is 11.8 Å². The van der Waals surface area contributed by atoms with Gasteiger partial charge in [0.15, 0.2) is 0 Å². The zero-order valence-electron chi connectivity index (χ0n) is 10.0. The monoisotopic (exact) mass is 250 g/mol.